The SMILES string of the molecule is O=C1Nc2ccc(-c3ccccc3)cc2/C1=C\c1cc2cc(OCCN3CCCC3)ccc2[nH]1. The van der Waals surface area contributed by atoms with Crippen molar-refractivity contribution in [1.82, 2.24) is 9.88 Å². The quantitative estimate of drug-likeness (QED) is 0.366. The lowest BCUT2D eigenvalue weighted by molar-refractivity contribution is -0.110. The number of aromatic nitrogens is 1. The summed E-state index contributed by atoms with van der Waals surface area (Å²) in [4.78, 5) is 18.6. The van der Waals surface area contributed by atoms with Gasteiger partial charge in [-0.05, 0) is 79.5 Å². The standard InChI is InChI=1S/C29H27N3O2/c33-29-26(25-18-21(8-10-28(25)31-29)20-6-2-1-3-7-20)19-23-16-22-17-24(9-11-27(22)30-23)34-15-14-32-12-4-5-13-32/h1-3,6-11,16-19,30H,4-5,12-15H2,(H,31,33)/b26-19+. The van der Waals surface area contributed by atoms with E-state index < -0.39 is 0 Å². The molecule has 1 fully saturated rings. The first kappa shape index (κ1) is 20.8. The summed E-state index contributed by atoms with van der Waals surface area (Å²) in [6, 6.07) is 24.5. The molecule has 2 aliphatic heterocycles. The third-order valence-corrected chi connectivity index (χ3v) is 6.70. The second-order valence-corrected chi connectivity index (χ2v) is 9.01. The van der Waals surface area contributed by atoms with Crippen molar-refractivity contribution in [3.8, 4) is 16.9 Å². The second-order valence-electron chi connectivity index (χ2n) is 9.01. The van der Waals surface area contributed by atoms with Crippen LogP contribution in [-0.4, -0.2) is 42.0 Å². The summed E-state index contributed by atoms with van der Waals surface area (Å²) >= 11 is 0. The number of nitrogens with one attached hydrogen (secondary N) is 2. The molecule has 1 saturated heterocycles. The van der Waals surface area contributed by atoms with Crippen LogP contribution in [0.1, 0.15) is 24.1 Å². The molecule has 5 heteroatoms. The van der Waals surface area contributed by atoms with Crippen molar-refractivity contribution in [2.24, 2.45) is 0 Å². The molecule has 1 amide bonds. The predicted octanol–water partition coefficient (Wildman–Crippen LogP) is 5.80. The Kier molecular flexibility index (Phi) is 5.40. The van der Waals surface area contributed by atoms with Gasteiger partial charge >= 0.3 is 0 Å². The first-order valence-corrected chi connectivity index (χ1v) is 11.9. The second kappa shape index (κ2) is 8.84. The number of benzene rings is 3. The van der Waals surface area contributed by atoms with Crippen LogP contribution >= 0.6 is 0 Å². The van der Waals surface area contributed by atoms with E-state index in [2.05, 4.69) is 45.5 Å². The Morgan fingerprint density at radius 3 is 2.62 bits per heavy atom. The number of hydrogen-bond acceptors (Lipinski definition) is 3. The minimum atomic E-state index is -0.0789. The van der Waals surface area contributed by atoms with Crippen LogP contribution in [0.15, 0.2) is 72.8 Å². The van der Waals surface area contributed by atoms with E-state index in [1.165, 1.54) is 25.9 Å². The maximum Gasteiger partial charge on any atom is 0.256 e. The normalized spacial score (nSPS) is 16.8. The van der Waals surface area contributed by atoms with Crippen LogP contribution in [0.25, 0.3) is 33.7 Å². The maximum atomic E-state index is 12.8. The number of likely N-dealkylation sites (tertiary alicyclic amines) is 1. The Morgan fingerprint density at radius 2 is 1.76 bits per heavy atom. The fourth-order valence-electron chi connectivity index (χ4n) is 4.90. The summed E-state index contributed by atoms with van der Waals surface area (Å²) in [5.41, 5.74) is 6.59. The van der Waals surface area contributed by atoms with Crippen molar-refractivity contribution in [2.75, 3.05) is 31.6 Å². The third-order valence-electron chi connectivity index (χ3n) is 6.70. The van der Waals surface area contributed by atoms with E-state index in [-0.39, 0.29) is 5.91 Å². The van der Waals surface area contributed by atoms with E-state index in [4.69, 9.17) is 4.74 Å². The summed E-state index contributed by atoms with van der Waals surface area (Å²) < 4.78 is 6.00. The number of H-pyrrole nitrogens is 1. The van der Waals surface area contributed by atoms with Gasteiger partial charge in [0.15, 0.2) is 0 Å². The monoisotopic (exact) mass is 449 g/mol. The van der Waals surface area contributed by atoms with E-state index in [9.17, 15) is 4.79 Å². The number of amides is 1. The molecule has 4 aromatic rings. The molecule has 0 radical (unpaired) electrons. The van der Waals surface area contributed by atoms with Gasteiger partial charge < -0.3 is 15.0 Å². The van der Waals surface area contributed by atoms with Gasteiger partial charge in [0.25, 0.3) is 5.91 Å². The molecule has 5 nitrogen and oxygen atoms in total. The molecule has 170 valence electrons. The minimum Gasteiger partial charge on any atom is -0.492 e. The summed E-state index contributed by atoms with van der Waals surface area (Å²) in [6.07, 6.45) is 4.52. The van der Waals surface area contributed by atoms with Gasteiger partial charge in [-0.1, -0.05) is 36.4 Å². The highest BCUT2D eigenvalue weighted by Gasteiger charge is 2.24. The number of carbonyl (C=O) groups is 1. The van der Waals surface area contributed by atoms with E-state index in [0.717, 1.165) is 51.3 Å². The number of hydrogen-bond donors (Lipinski definition) is 2. The predicted molar refractivity (Wildman–Crippen MR) is 138 cm³/mol. The van der Waals surface area contributed by atoms with Gasteiger partial charge in [0.1, 0.15) is 12.4 Å². The Balaban J connectivity index is 1.25. The van der Waals surface area contributed by atoms with Crippen molar-refractivity contribution in [1.29, 1.82) is 0 Å². The van der Waals surface area contributed by atoms with Crippen LogP contribution in [-0.2, 0) is 4.79 Å². The van der Waals surface area contributed by atoms with Gasteiger partial charge in [-0.25, -0.2) is 0 Å². The number of carbonyl (C=O) groups excluding carboxylic acids is 1. The number of ether oxygens (including phenoxy) is 1. The van der Waals surface area contributed by atoms with E-state index >= 15 is 0 Å². The van der Waals surface area contributed by atoms with Crippen molar-refractivity contribution < 1.29 is 9.53 Å². The van der Waals surface area contributed by atoms with Gasteiger partial charge in [-0.15, -0.1) is 0 Å². The van der Waals surface area contributed by atoms with Crippen LogP contribution in [0.4, 0.5) is 5.69 Å². The summed E-state index contributed by atoms with van der Waals surface area (Å²) in [5, 5.41) is 4.06. The highest BCUT2D eigenvalue weighted by molar-refractivity contribution is 6.35. The molecule has 0 unspecified atom stereocenters. The van der Waals surface area contributed by atoms with E-state index in [1.54, 1.807) is 0 Å². The van der Waals surface area contributed by atoms with Gasteiger partial charge in [0.05, 0.1) is 5.57 Å². The molecule has 3 heterocycles. The lowest BCUT2D eigenvalue weighted by Crippen LogP contribution is -2.25. The fraction of sp³-hybridized carbons (Fsp3) is 0.207. The van der Waals surface area contributed by atoms with E-state index in [0.29, 0.717) is 12.2 Å². The lowest BCUT2D eigenvalue weighted by Gasteiger charge is -2.14. The van der Waals surface area contributed by atoms with Gasteiger partial charge in [-0.2, -0.15) is 0 Å². The van der Waals surface area contributed by atoms with Crippen LogP contribution in [0, 0.1) is 0 Å². The fourth-order valence-corrected chi connectivity index (χ4v) is 4.90. The number of aromatic amines is 1. The summed E-state index contributed by atoms with van der Waals surface area (Å²) in [6.45, 7) is 4.04. The molecule has 0 spiro atoms. The summed E-state index contributed by atoms with van der Waals surface area (Å²) in [7, 11) is 0. The molecule has 6 rings (SSSR count). The first-order valence-electron chi connectivity index (χ1n) is 11.9. The van der Waals surface area contributed by atoms with Crippen molar-refractivity contribution >= 4 is 34.1 Å². The zero-order valence-electron chi connectivity index (χ0n) is 19.0. The minimum absolute atomic E-state index is 0.0789. The van der Waals surface area contributed by atoms with Crippen LogP contribution in [0.5, 0.6) is 5.75 Å². The molecule has 3 aromatic carbocycles. The average Bonchev–Trinajstić information content (AvgIpc) is 3.59. The number of anilines is 1. The molecule has 0 bridgehead atoms. The van der Waals surface area contributed by atoms with Gasteiger partial charge in [-0.3, -0.25) is 9.69 Å². The Hall–Kier alpha value is -3.83. The molecule has 2 aliphatic rings. The van der Waals surface area contributed by atoms with Gasteiger partial charge in [0, 0.05) is 34.4 Å². The van der Waals surface area contributed by atoms with Crippen LogP contribution in [0.3, 0.4) is 0 Å². The largest absolute Gasteiger partial charge is 0.492 e. The number of rotatable bonds is 6. The topological polar surface area (TPSA) is 57.4 Å². The number of nitrogens with zero attached hydrogens (tertiary/aromatic N) is 1. The molecule has 0 saturated carbocycles. The third kappa shape index (κ3) is 4.11. The zero-order valence-corrected chi connectivity index (χ0v) is 19.0. The number of fused-ring (bicyclic) bond motifs is 2. The molecular formula is C29H27N3O2. The molecule has 0 atom stereocenters. The average molecular weight is 450 g/mol. The van der Waals surface area contributed by atoms with E-state index in [1.807, 2.05) is 48.5 Å². The van der Waals surface area contributed by atoms with Crippen LogP contribution < -0.4 is 10.1 Å². The molecule has 0 aliphatic carbocycles. The highest BCUT2D eigenvalue weighted by Crippen LogP contribution is 2.36. The zero-order chi connectivity index (χ0) is 22.9. The highest BCUT2D eigenvalue weighted by atomic mass is 16.5. The van der Waals surface area contributed by atoms with Gasteiger partial charge in [0.2, 0.25) is 0 Å². The summed E-state index contributed by atoms with van der Waals surface area (Å²) in [5.74, 6) is 0.797. The Labute approximate surface area is 199 Å². The molecule has 1 aromatic heterocycles. The molecular weight excluding hydrogens is 422 g/mol. The Morgan fingerprint density at radius 1 is 0.912 bits per heavy atom. The first-order chi connectivity index (χ1) is 16.7. The smallest absolute Gasteiger partial charge is 0.256 e. The molecule has 2 N–H and O–H groups in total. The Bertz CT molecular complexity index is 1380. The van der Waals surface area contributed by atoms with Crippen molar-refractivity contribution in [3.05, 3.63) is 84.1 Å². The molecule has 34 heavy (non-hydrogen) atoms. The van der Waals surface area contributed by atoms with Crippen molar-refractivity contribution in [2.45, 2.75) is 12.8 Å². The van der Waals surface area contributed by atoms with Crippen LogP contribution in [0.2, 0.25) is 0 Å². The van der Waals surface area contributed by atoms with Crippen molar-refractivity contribution in [3.63, 3.8) is 0 Å². The lowest BCUT2D eigenvalue weighted by atomic mass is 9.99. The maximum absolute atomic E-state index is 12.8.